The van der Waals surface area contributed by atoms with Gasteiger partial charge in [0.2, 0.25) is 0 Å². The van der Waals surface area contributed by atoms with Gasteiger partial charge < -0.3 is 19.6 Å². The van der Waals surface area contributed by atoms with Crippen molar-refractivity contribution in [2.45, 2.75) is 48.7 Å². The first-order valence-corrected chi connectivity index (χ1v) is 13.6. The van der Waals surface area contributed by atoms with Crippen LogP contribution in [0.1, 0.15) is 38.0 Å². The minimum Gasteiger partial charge on any atom is -0.448 e. The highest BCUT2D eigenvalue weighted by Crippen LogP contribution is 2.43. The molecule has 1 N–H and O–H groups in total. The minimum absolute atomic E-state index is 0.0156. The summed E-state index contributed by atoms with van der Waals surface area (Å²) in [5, 5.41) is 2.07. The zero-order valence-electron chi connectivity index (χ0n) is 20.6. The minimum atomic E-state index is -0.867. The third-order valence-electron chi connectivity index (χ3n) is 5.75. The molecule has 0 saturated carbocycles. The Labute approximate surface area is 227 Å². The van der Waals surface area contributed by atoms with Gasteiger partial charge in [-0.05, 0) is 37.5 Å². The molecule has 10 heteroatoms. The highest BCUT2D eigenvalue weighted by molar-refractivity contribution is 9.10. The van der Waals surface area contributed by atoms with Crippen LogP contribution < -0.4 is 5.32 Å². The van der Waals surface area contributed by atoms with Crippen molar-refractivity contribution in [2.24, 2.45) is 0 Å². The molecule has 2 amide bonds. The second-order valence-electron chi connectivity index (χ2n) is 9.55. The number of hydrogen-bond acceptors (Lipinski definition) is 7. The van der Waals surface area contributed by atoms with Crippen LogP contribution in [0.25, 0.3) is 0 Å². The molecule has 3 atom stereocenters. The van der Waals surface area contributed by atoms with E-state index in [9.17, 15) is 19.2 Å². The zero-order chi connectivity index (χ0) is 26.7. The summed E-state index contributed by atoms with van der Waals surface area (Å²) in [4.78, 5) is 51.4. The highest BCUT2D eigenvalue weighted by atomic mass is 79.9. The van der Waals surface area contributed by atoms with Crippen LogP contribution in [0.2, 0.25) is 0 Å². The van der Waals surface area contributed by atoms with E-state index in [1.165, 1.54) is 16.7 Å². The molecule has 37 heavy (non-hydrogen) atoms. The number of carbonyl (C=O) groups excluding carboxylic acids is 4. The summed E-state index contributed by atoms with van der Waals surface area (Å²) >= 11 is 4.66. The Morgan fingerprint density at radius 1 is 1.08 bits per heavy atom. The van der Waals surface area contributed by atoms with E-state index >= 15 is 0 Å². The molecular weight excluding hydrogens is 560 g/mol. The standard InChI is InChI=1S/C27H27BrN2O6S/c1-27(2,3)36-26(34)29-20-23(32)30-21(18(19(28)14-31)15-37-24(20)30)25(33)35-22(16-10-6-4-7-11-16)17-12-8-5-9-13-17/h4-14,19-20,22,24H,15H2,1-3H3,(H,29,34). The monoisotopic (exact) mass is 586 g/mol. The number of thioether (sulfide) groups is 1. The number of esters is 1. The first kappa shape index (κ1) is 26.9. The predicted molar refractivity (Wildman–Crippen MR) is 143 cm³/mol. The summed E-state index contributed by atoms with van der Waals surface area (Å²) in [6.07, 6.45) is -0.783. The van der Waals surface area contributed by atoms with Crippen molar-refractivity contribution in [3.05, 3.63) is 83.1 Å². The van der Waals surface area contributed by atoms with Crippen molar-refractivity contribution in [1.29, 1.82) is 0 Å². The Balaban J connectivity index is 1.63. The number of rotatable bonds is 7. The lowest BCUT2D eigenvalue weighted by molar-refractivity contribution is -0.153. The number of β-lactam (4-membered cyclic amide) rings is 1. The van der Waals surface area contributed by atoms with Crippen LogP contribution in [-0.2, 0) is 23.9 Å². The summed E-state index contributed by atoms with van der Waals surface area (Å²) in [7, 11) is 0. The maximum Gasteiger partial charge on any atom is 0.408 e. The molecule has 2 aliphatic heterocycles. The van der Waals surface area contributed by atoms with Crippen molar-refractivity contribution in [3.8, 4) is 0 Å². The molecule has 2 aromatic carbocycles. The lowest BCUT2D eigenvalue weighted by atomic mass is 10.00. The summed E-state index contributed by atoms with van der Waals surface area (Å²) < 4.78 is 11.3. The molecule has 3 unspecified atom stereocenters. The SMILES string of the molecule is CC(C)(C)OC(=O)NC1C(=O)N2C(C(=O)OC(c3ccccc3)c3ccccc3)=C(C(Br)C=O)CSC12. The van der Waals surface area contributed by atoms with E-state index in [0.29, 0.717) is 17.6 Å². The number of nitrogens with one attached hydrogen (secondary N) is 1. The van der Waals surface area contributed by atoms with E-state index in [-0.39, 0.29) is 5.70 Å². The molecule has 0 aliphatic carbocycles. The van der Waals surface area contributed by atoms with Crippen LogP contribution in [0.15, 0.2) is 71.9 Å². The molecule has 0 bridgehead atoms. The van der Waals surface area contributed by atoms with Gasteiger partial charge in [-0.25, -0.2) is 9.59 Å². The van der Waals surface area contributed by atoms with Crippen molar-refractivity contribution >= 4 is 51.9 Å². The number of hydrogen-bond donors (Lipinski definition) is 1. The fourth-order valence-corrected chi connectivity index (χ4v) is 6.10. The van der Waals surface area contributed by atoms with Gasteiger partial charge in [-0.1, -0.05) is 76.6 Å². The number of carbonyl (C=O) groups is 4. The van der Waals surface area contributed by atoms with Gasteiger partial charge in [-0.3, -0.25) is 9.69 Å². The number of alkyl carbamates (subject to hydrolysis) is 1. The maximum atomic E-state index is 13.7. The van der Waals surface area contributed by atoms with Crippen LogP contribution >= 0.6 is 27.7 Å². The number of halogens is 1. The quantitative estimate of drug-likeness (QED) is 0.223. The number of aldehydes is 1. The fraction of sp³-hybridized carbons (Fsp3) is 0.333. The lowest BCUT2D eigenvalue weighted by Crippen LogP contribution is -2.71. The highest BCUT2D eigenvalue weighted by Gasteiger charge is 2.55. The predicted octanol–water partition coefficient (Wildman–Crippen LogP) is 4.34. The van der Waals surface area contributed by atoms with E-state index in [1.807, 2.05) is 60.7 Å². The second-order valence-corrected chi connectivity index (χ2v) is 11.6. The van der Waals surface area contributed by atoms with Gasteiger partial charge in [-0.15, -0.1) is 11.8 Å². The van der Waals surface area contributed by atoms with Gasteiger partial charge in [0.15, 0.2) is 6.10 Å². The third-order valence-corrected chi connectivity index (χ3v) is 7.82. The number of ether oxygens (including phenoxy) is 2. The van der Waals surface area contributed by atoms with Gasteiger partial charge in [-0.2, -0.15) is 0 Å². The van der Waals surface area contributed by atoms with E-state index in [0.717, 1.165) is 11.1 Å². The fourth-order valence-electron chi connectivity index (χ4n) is 4.11. The molecule has 1 fully saturated rings. The normalized spacial score (nSPS) is 20.0. The van der Waals surface area contributed by atoms with Crippen molar-refractivity contribution in [3.63, 3.8) is 0 Å². The summed E-state index contributed by atoms with van der Waals surface area (Å²) in [6.45, 7) is 5.18. The number of alkyl halides is 1. The van der Waals surface area contributed by atoms with Crippen LogP contribution in [-0.4, -0.2) is 56.8 Å². The van der Waals surface area contributed by atoms with E-state index in [2.05, 4.69) is 21.2 Å². The Morgan fingerprint density at radius 3 is 2.16 bits per heavy atom. The first-order chi connectivity index (χ1) is 17.6. The Kier molecular flexibility index (Phi) is 8.08. The topological polar surface area (TPSA) is 102 Å². The molecule has 0 radical (unpaired) electrons. The van der Waals surface area contributed by atoms with Gasteiger partial charge >= 0.3 is 12.1 Å². The largest absolute Gasteiger partial charge is 0.448 e. The molecule has 0 spiro atoms. The molecule has 0 aromatic heterocycles. The van der Waals surface area contributed by atoms with Gasteiger partial charge in [0, 0.05) is 5.75 Å². The molecule has 194 valence electrons. The van der Waals surface area contributed by atoms with E-state index in [4.69, 9.17) is 9.47 Å². The lowest BCUT2D eigenvalue weighted by Gasteiger charge is -2.50. The molecule has 1 saturated heterocycles. The summed E-state index contributed by atoms with van der Waals surface area (Å²) in [5.41, 5.74) is 1.24. The zero-order valence-corrected chi connectivity index (χ0v) is 23.0. The number of nitrogens with zero attached hydrogens (tertiary/aromatic N) is 1. The van der Waals surface area contributed by atoms with Gasteiger partial charge in [0.05, 0.1) is 4.83 Å². The van der Waals surface area contributed by atoms with E-state index in [1.54, 1.807) is 20.8 Å². The van der Waals surface area contributed by atoms with Crippen LogP contribution in [0.4, 0.5) is 4.79 Å². The average molecular weight is 587 g/mol. The van der Waals surface area contributed by atoms with Crippen LogP contribution in [0, 0.1) is 0 Å². The van der Waals surface area contributed by atoms with Crippen molar-refractivity contribution in [2.75, 3.05) is 5.75 Å². The van der Waals surface area contributed by atoms with Crippen LogP contribution in [0.3, 0.4) is 0 Å². The Bertz CT molecular complexity index is 1170. The molecule has 2 heterocycles. The Hall–Kier alpha value is -3.11. The Morgan fingerprint density at radius 2 is 1.65 bits per heavy atom. The molecule has 2 aromatic rings. The second kappa shape index (κ2) is 11.1. The van der Waals surface area contributed by atoms with E-state index < -0.39 is 45.9 Å². The number of benzene rings is 2. The molecule has 8 nitrogen and oxygen atoms in total. The van der Waals surface area contributed by atoms with Gasteiger partial charge in [0.1, 0.15) is 29.0 Å². The van der Waals surface area contributed by atoms with Gasteiger partial charge in [0.25, 0.3) is 5.91 Å². The average Bonchev–Trinajstić information content (AvgIpc) is 2.88. The summed E-state index contributed by atoms with van der Waals surface area (Å²) in [6, 6.07) is 17.7. The molecule has 4 rings (SSSR count). The smallest absolute Gasteiger partial charge is 0.408 e. The van der Waals surface area contributed by atoms with Crippen LogP contribution in [0.5, 0.6) is 0 Å². The summed E-state index contributed by atoms with van der Waals surface area (Å²) in [5.74, 6) is -0.913. The molecular formula is C27H27BrN2O6S. The van der Waals surface area contributed by atoms with Crippen molar-refractivity contribution < 1.29 is 28.7 Å². The maximum absolute atomic E-state index is 13.7. The number of fused-ring (bicyclic) bond motifs is 1. The van der Waals surface area contributed by atoms with Crippen molar-refractivity contribution in [1.82, 2.24) is 10.2 Å². The molecule has 2 aliphatic rings. The first-order valence-electron chi connectivity index (χ1n) is 11.7. The third kappa shape index (κ3) is 5.91. The number of amides is 2.